The van der Waals surface area contributed by atoms with Gasteiger partial charge in [-0.05, 0) is 94.2 Å². The van der Waals surface area contributed by atoms with Gasteiger partial charge in [-0.2, -0.15) is 26.3 Å². The zero-order valence-corrected chi connectivity index (χ0v) is 19.5. The van der Waals surface area contributed by atoms with Crippen molar-refractivity contribution < 1.29 is 47.6 Å². The van der Waals surface area contributed by atoms with Crippen LogP contribution in [0.1, 0.15) is 22.3 Å². The first-order valence-electron chi connectivity index (χ1n) is 9.67. The van der Waals surface area contributed by atoms with Gasteiger partial charge in [0.25, 0.3) is 0 Å². The van der Waals surface area contributed by atoms with Crippen LogP contribution in [0.3, 0.4) is 0 Å². The summed E-state index contributed by atoms with van der Waals surface area (Å²) in [5.41, 5.74) is -2.19. The van der Waals surface area contributed by atoms with Crippen LogP contribution >= 0.6 is 0 Å². The SMILES string of the molecule is Cc1ccc([S@](=O)[C]2[CH][CH][CH][C]2c2cc(C(F)(F)F)cc(C(F)(F)F)c2)cc1.[CH]1[CH][CH][CH][CH]1.[Fe+2]. The van der Waals surface area contributed by atoms with Crippen LogP contribution in [0.5, 0.6) is 0 Å². The first kappa shape index (κ1) is 28.9. The molecule has 0 amide bonds. The third kappa shape index (κ3) is 7.59. The van der Waals surface area contributed by atoms with E-state index in [4.69, 9.17) is 0 Å². The molecule has 2 saturated carbocycles. The zero-order valence-electron chi connectivity index (χ0n) is 17.6. The molecule has 2 aliphatic rings. The third-order valence-electron chi connectivity index (χ3n) is 4.66. The Bertz CT molecular complexity index is 911. The van der Waals surface area contributed by atoms with Crippen molar-refractivity contribution in [3.8, 4) is 0 Å². The van der Waals surface area contributed by atoms with Crippen LogP contribution in [0.2, 0.25) is 0 Å². The van der Waals surface area contributed by atoms with E-state index < -0.39 is 34.3 Å². The molecule has 178 valence electrons. The summed E-state index contributed by atoms with van der Waals surface area (Å²) in [5.74, 6) is 0.0653. The molecular weight excluding hydrogens is 518 g/mol. The molecule has 0 saturated heterocycles. The maximum atomic E-state index is 13.1. The van der Waals surface area contributed by atoms with Gasteiger partial charge in [0.05, 0.1) is 27.2 Å². The fourth-order valence-electron chi connectivity index (χ4n) is 3.02. The average molecular weight is 536 g/mol. The normalized spacial score (nSPS) is 18.2. The largest absolute Gasteiger partial charge is 2.00 e. The fraction of sp³-hybridized carbons (Fsp3) is 0.120. The van der Waals surface area contributed by atoms with E-state index in [1.54, 1.807) is 24.3 Å². The fourth-order valence-corrected chi connectivity index (χ4v) is 4.25. The van der Waals surface area contributed by atoms with Gasteiger partial charge in [-0.3, -0.25) is 4.21 Å². The Balaban J connectivity index is 0.000000603. The predicted octanol–water partition coefficient (Wildman–Crippen LogP) is 6.94. The monoisotopic (exact) mass is 536 g/mol. The number of hydrogen-bond acceptors (Lipinski definition) is 1. The third-order valence-corrected chi connectivity index (χ3v) is 6.12. The maximum Gasteiger partial charge on any atom is 2.00 e. The molecule has 9 heteroatoms. The maximum absolute atomic E-state index is 13.1. The molecule has 0 N–H and O–H groups in total. The van der Waals surface area contributed by atoms with E-state index >= 15 is 0 Å². The molecule has 0 heterocycles. The van der Waals surface area contributed by atoms with Crippen molar-refractivity contribution in [3.63, 3.8) is 0 Å². The molecular formula is C25H18F6FeOS+2. The second-order valence-corrected chi connectivity index (χ2v) is 8.59. The van der Waals surface area contributed by atoms with Gasteiger partial charge >= 0.3 is 29.4 Å². The van der Waals surface area contributed by atoms with Crippen LogP contribution in [0.25, 0.3) is 0 Å². The van der Waals surface area contributed by atoms with Gasteiger partial charge in [-0.15, -0.1) is 0 Å². The first-order valence-corrected chi connectivity index (χ1v) is 10.8. The summed E-state index contributed by atoms with van der Waals surface area (Å²) in [6.45, 7) is 1.84. The molecule has 2 aromatic carbocycles. The van der Waals surface area contributed by atoms with E-state index in [1.165, 1.54) is 19.3 Å². The molecule has 34 heavy (non-hydrogen) atoms. The predicted molar refractivity (Wildman–Crippen MR) is 114 cm³/mol. The molecule has 1 atom stereocenters. The molecule has 0 unspecified atom stereocenters. The second-order valence-electron chi connectivity index (χ2n) is 7.14. The molecule has 2 aromatic rings. The van der Waals surface area contributed by atoms with Crippen LogP contribution in [0.15, 0.2) is 47.4 Å². The summed E-state index contributed by atoms with van der Waals surface area (Å²) in [7, 11) is -1.75. The molecule has 0 aromatic heterocycles. The molecule has 2 fully saturated rings. The van der Waals surface area contributed by atoms with E-state index in [2.05, 4.69) is 0 Å². The van der Waals surface area contributed by atoms with Crippen LogP contribution in [0.4, 0.5) is 26.3 Å². The molecule has 10 radical (unpaired) electrons. The van der Waals surface area contributed by atoms with Gasteiger partial charge in [0.15, 0.2) is 0 Å². The van der Waals surface area contributed by atoms with Crippen LogP contribution in [-0.4, -0.2) is 4.21 Å². The van der Waals surface area contributed by atoms with Gasteiger partial charge in [0.1, 0.15) is 0 Å². The summed E-state index contributed by atoms with van der Waals surface area (Å²) in [5, 5.41) is 0.149. The summed E-state index contributed by atoms with van der Waals surface area (Å²) in [4.78, 5) is 0.404. The van der Waals surface area contributed by atoms with Crippen LogP contribution in [0, 0.1) is 69.5 Å². The van der Waals surface area contributed by atoms with E-state index in [0.29, 0.717) is 17.0 Å². The van der Waals surface area contributed by atoms with E-state index in [1.807, 2.05) is 39.0 Å². The molecule has 0 bridgehead atoms. The number of halogens is 6. The Hall–Kier alpha value is -1.31. The van der Waals surface area contributed by atoms with Crippen LogP contribution in [-0.2, 0) is 40.2 Å². The first-order chi connectivity index (χ1) is 15.5. The van der Waals surface area contributed by atoms with Crippen molar-refractivity contribution in [2.75, 3.05) is 0 Å². The van der Waals surface area contributed by atoms with Gasteiger partial charge in [0.2, 0.25) is 0 Å². The van der Waals surface area contributed by atoms with Gasteiger partial charge in [-0.25, -0.2) is 0 Å². The minimum absolute atomic E-state index is 0. The summed E-state index contributed by atoms with van der Waals surface area (Å²) in [6.07, 6.45) is 4.35. The zero-order chi connectivity index (χ0) is 24.2. The second kappa shape index (κ2) is 12.1. The topological polar surface area (TPSA) is 17.1 Å². The number of alkyl halides is 6. The van der Waals surface area contributed by atoms with Crippen molar-refractivity contribution in [3.05, 3.63) is 127 Å². The summed E-state index contributed by atoms with van der Waals surface area (Å²) >= 11 is 0. The standard InChI is InChI=1S/C20H13F6OS.C5H5.Fe/c1-12-5-7-16(8-6-12)28(27)18-4-2-3-17(18)13-9-14(19(21,22)23)11-15(10-13)20(24,25)26;1-2-4-5-3-1;/h2-11H,1H3;1-5H;/q;;+2/t28-;;/m0../s1. The van der Waals surface area contributed by atoms with E-state index in [0.717, 1.165) is 5.56 Å². The van der Waals surface area contributed by atoms with E-state index in [9.17, 15) is 30.6 Å². The van der Waals surface area contributed by atoms with Crippen LogP contribution < -0.4 is 0 Å². The number of aryl methyl sites for hydroxylation is 1. The molecule has 1 nitrogen and oxygen atoms in total. The summed E-state index contributed by atoms with van der Waals surface area (Å²) in [6, 6.07) is 8.01. The smallest absolute Gasteiger partial charge is 0.254 e. The molecule has 4 rings (SSSR count). The van der Waals surface area contributed by atoms with E-state index in [-0.39, 0.29) is 39.9 Å². The molecule has 0 spiro atoms. The van der Waals surface area contributed by atoms with Crippen molar-refractivity contribution in [1.29, 1.82) is 0 Å². The number of hydrogen-bond donors (Lipinski definition) is 0. The van der Waals surface area contributed by atoms with Crippen molar-refractivity contribution in [1.82, 2.24) is 0 Å². The van der Waals surface area contributed by atoms with Gasteiger partial charge in [0, 0.05) is 10.8 Å². The Morgan fingerprint density at radius 2 is 1.15 bits per heavy atom. The van der Waals surface area contributed by atoms with Crippen molar-refractivity contribution in [2.45, 2.75) is 24.2 Å². The molecule has 0 aliphatic heterocycles. The van der Waals surface area contributed by atoms with Crippen molar-refractivity contribution in [2.24, 2.45) is 0 Å². The Labute approximate surface area is 209 Å². The number of rotatable bonds is 3. The average Bonchev–Trinajstić information content (AvgIpc) is 3.47. The molecule has 2 aliphatic carbocycles. The van der Waals surface area contributed by atoms with Gasteiger partial charge < -0.3 is 0 Å². The van der Waals surface area contributed by atoms with Gasteiger partial charge in [-0.1, -0.05) is 17.7 Å². The number of benzene rings is 2. The minimum atomic E-state index is -4.95. The Morgan fingerprint density at radius 3 is 1.59 bits per heavy atom. The van der Waals surface area contributed by atoms with Crippen molar-refractivity contribution >= 4 is 10.8 Å². The Morgan fingerprint density at radius 1 is 0.676 bits per heavy atom. The quantitative estimate of drug-likeness (QED) is 0.307. The minimum Gasteiger partial charge on any atom is -0.254 e. The Kier molecular flexibility index (Phi) is 10.3. The summed E-state index contributed by atoms with van der Waals surface area (Å²) < 4.78 is 91.5.